The van der Waals surface area contributed by atoms with Crippen molar-refractivity contribution >= 4 is 11.9 Å². The van der Waals surface area contributed by atoms with Crippen LogP contribution in [0.25, 0.3) is 0 Å². The van der Waals surface area contributed by atoms with E-state index < -0.39 is 23.5 Å². The highest BCUT2D eigenvalue weighted by Gasteiger charge is 2.51. The number of carbonyl (C=O) groups excluding carboxylic acids is 2. The van der Waals surface area contributed by atoms with Gasteiger partial charge in [0.25, 0.3) is 5.91 Å². The first-order valence-electron chi connectivity index (χ1n) is 11.9. The number of hydrogen-bond acceptors (Lipinski definition) is 6. The fourth-order valence-corrected chi connectivity index (χ4v) is 5.85. The third-order valence-corrected chi connectivity index (χ3v) is 7.74. The number of nitrogens with zero attached hydrogens (tertiary/aromatic N) is 2. The third kappa shape index (κ3) is 4.42. The van der Waals surface area contributed by atoms with Crippen LogP contribution in [-0.4, -0.2) is 52.9 Å². The molecule has 0 radical (unpaired) electrons. The van der Waals surface area contributed by atoms with Gasteiger partial charge in [0, 0.05) is 24.8 Å². The van der Waals surface area contributed by atoms with Gasteiger partial charge in [-0.05, 0) is 18.4 Å². The summed E-state index contributed by atoms with van der Waals surface area (Å²) in [5, 5.41) is 15.7. The predicted octanol–water partition coefficient (Wildman–Crippen LogP) is 2.82. The van der Waals surface area contributed by atoms with Crippen molar-refractivity contribution < 1.29 is 28.4 Å². The maximum absolute atomic E-state index is 13.5. The Morgan fingerprint density at radius 3 is 2.55 bits per heavy atom. The monoisotopic (exact) mass is 456 g/mol. The number of likely N-dealkylation sites (N-methyl/N-ethyl adjacent to an activating group) is 1. The fraction of sp³-hybridized carbons (Fsp3) is 0.560. The fourth-order valence-electron chi connectivity index (χ4n) is 5.85. The molecule has 8 nitrogen and oxygen atoms in total. The molecule has 1 aliphatic carbocycles. The Morgan fingerprint density at radius 1 is 1.18 bits per heavy atom. The van der Waals surface area contributed by atoms with E-state index in [4.69, 9.17) is 15.0 Å². The molecule has 1 aromatic carbocycles. The molecule has 1 amide bonds. The molecule has 4 unspecified atom stereocenters. The second-order valence-electron chi connectivity index (χ2n) is 9.66. The number of rotatable bonds is 8. The third-order valence-electron chi connectivity index (χ3n) is 7.74. The molecule has 1 saturated heterocycles. The number of likely N-dealkylation sites (tertiary alicyclic amines) is 1. The lowest BCUT2D eigenvalue weighted by Crippen LogP contribution is -2.57. The summed E-state index contributed by atoms with van der Waals surface area (Å²) in [6.07, 6.45) is 7.73. The van der Waals surface area contributed by atoms with Gasteiger partial charge < -0.3 is 24.6 Å². The van der Waals surface area contributed by atoms with Crippen molar-refractivity contribution in [1.82, 2.24) is 5.16 Å². The van der Waals surface area contributed by atoms with Crippen LogP contribution in [0, 0.1) is 5.92 Å². The van der Waals surface area contributed by atoms with E-state index in [1.54, 1.807) is 18.2 Å². The zero-order valence-electron chi connectivity index (χ0n) is 19.2. The van der Waals surface area contributed by atoms with Gasteiger partial charge in [0.1, 0.15) is 18.9 Å². The highest BCUT2D eigenvalue weighted by Crippen LogP contribution is 2.41. The molecule has 4 atom stereocenters. The lowest BCUT2D eigenvalue weighted by atomic mass is 9.73. The highest BCUT2D eigenvalue weighted by molar-refractivity contribution is 5.81. The quantitative estimate of drug-likeness (QED) is 0.466. The van der Waals surface area contributed by atoms with Gasteiger partial charge >= 0.3 is 5.97 Å². The number of aromatic nitrogens is 1. The molecule has 0 bridgehead atoms. The van der Waals surface area contributed by atoms with Gasteiger partial charge in [-0.15, -0.1) is 0 Å². The number of primary amides is 1. The Morgan fingerprint density at radius 2 is 1.91 bits per heavy atom. The number of benzene rings is 1. The number of carbonyl (C=O) groups is 2. The topological polar surface area (TPSA) is 116 Å². The van der Waals surface area contributed by atoms with E-state index in [-0.39, 0.29) is 18.6 Å². The SMILES string of the molecule is C[N+]1(C(C(N)=O)c2ccon2)CCCC1COC(=O)C(O)(c1ccccc1)C1CCCCC1. The normalized spacial score (nSPS) is 26.4. The van der Waals surface area contributed by atoms with Crippen LogP contribution in [0.5, 0.6) is 0 Å². The molecule has 3 N–H and O–H groups in total. The minimum Gasteiger partial charge on any atom is -0.457 e. The van der Waals surface area contributed by atoms with Crippen LogP contribution in [-0.2, 0) is 19.9 Å². The first-order chi connectivity index (χ1) is 15.9. The Balaban J connectivity index is 1.55. The molecule has 1 saturated carbocycles. The van der Waals surface area contributed by atoms with E-state index in [0.717, 1.165) is 44.9 Å². The second-order valence-corrected chi connectivity index (χ2v) is 9.66. The average Bonchev–Trinajstić information content (AvgIpc) is 3.48. The number of ether oxygens (including phenoxy) is 1. The van der Waals surface area contributed by atoms with Crippen LogP contribution in [0.4, 0.5) is 0 Å². The van der Waals surface area contributed by atoms with E-state index in [0.29, 0.717) is 22.3 Å². The van der Waals surface area contributed by atoms with E-state index in [2.05, 4.69) is 5.16 Å². The average molecular weight is 457 g/mol. The van der Waals surface area contributed by atoms with Gasteiger partial charge in [-0.3, -0.25) is 4.79 Å². The van der Waals surface area contributed by atoms with Crippen molar-refractivity contribution in [2.75, 3.05) is 20.2 Å². The summed E-state index contributed by atoms with van der Waals surface area (Å²) in [5.41, 5.74) is 5.14. The summed E-state index contributed by atoms with van der Waals surface area (Å²) in [6.45, 7) is 0.799. The maximum atomic E-state index is 13.5. The summed E-state index contributed by atoms with van der Waals surface area (Å²) in [6, 6.07) is 9.92. The number of quaternary nitrogens is 1. The van der Waals surface area contributed by atoms with Gasteiger partial charge in [0.15, 0.2) is 11.3 Å². The van der Waals surface area contributed by atoms with E-state index >= 15 is 0 Å². The predicted molar refractivity (Wildman–Crippen MR) is 120 cm³/mol. The Hall–Kier alpha value is -2.71. The molecule has 33 heavy (non-hydrogen) atoms. The van der Waals surface area contributed by atoms with E-state index in [9.17, 15) is 14.7 Å². The van der Waals surface area contributed by atoms with Crippen LogP contribution in [0.2, 0.25) is 0 Å². The van der Waals surface area contributed by atoms with Crippen molar-refractivity contribution in [3.05, 3.63) is 53.9 Å². The van der Waals surface area contributed by atoms with E-state index in [1.165, 1.54) is 6.26 Å². The zero-order valence-corrected chi connectivity index (χ0v) is 19.2. The molecule has 8 heteroatoms. The number of esters is 1. The molecular formula is C25H34N3O5+. The van der Waals surface area contributed by atoms with Gasteiger partial charge in [0.2, 0.25) is 6.04 Å². The Kier molecular flexibility index (Phi) is 6.86. The number of aliphatic hydroxyl groups is 1. The summed E-state index contributed by atoms with van der Waals surface area (Å²) in [7, 11) is 1.94. The molecule has 2 aliphatic rings. The van der Waals surface area contributed by atoms with Crippen LogP contribution < -0.4 is 5.73 Å². The minimum absolute atomic E-state index is 0.0961. The van der Waals surface area contributed by atoms with Crippen LogP contribution >= 0.6 is 0 Å². The molecule has 4 rings (SSSR count). The molecule has 2 aromatic rings. The first kappa shape index (κ1) is 23.4. The molecule has 2 fully saturated rings. The second kappa shape index (κ2) is 9.65. The molecule has 1 aliphatic heterocycles. The summed E-state index contributed by atoms with van der Waals surface area (Å²) >= 11 is 0. The summed E-state index contributed by atoms with van der Waals surface area (Å²) < 4.78 is 11.1. The zero-order chi connectivity index (χ0) is 23.5. The van der Waals surface area contributed by atoms with Gasteiger partial charge in [0.05, 0.1) is 13.6 Å². The smallest absolute Gasteiger partial charge is 0.343 e. The van der Waals surface area contributed by atoms with Gasteiger partial charge in [-0.1, -0.05) is 54.8 Å². The summed E-state index contributed by atoms with van der Waals surface area (Å²) in [5.74, 6) is -1.29. The van der Waals surface area contributed by atoms with Gasteiger partial charge in [-0.2, -0.15) is 0 Å². The highest BCUT2D eigenvalue weighted by atomic mass is 16.6. The van der Waals surface area contributed by atoms with Crippen molar-refractivity contribution in [1.29, 1.82) is 0 Å². The standard InChI is InChI=1S/C25H33N3O5/c1-28(22(23(26)29)21-14-16-33-27-21)15-8-13-20(28)17-32-24(30)25(31,18-9-4-2-5-10-18)19-11-6-3-7-12-19/h2,4-5,9-10,14,16,19-20,22,31H,3,6-8,11-13,15,17H2,1H3,(H-,26,29)/p+1. The van der Waals surface area contributed by atoms with Crippen molar-refractivity contribution in [3.8, 4) is 0 Å². The Labute approximate surface area is 194 Å². The van der Waals surface area contributed by atoms with Crippen molar-refractivity contribution in [2.24, 2.45) is 11.7 Å². The van der Waals surface area contributed by atoms with Gasteiger partial charge in [-0.25, -0.2) is 4.79 Å². The molecular weight excluding hydrogens is 422 g/mol. The molecule has 178 valence electrons. The van der Waals surface area contributed by atoms with Crippen LogP contribution in [0.3, 0.4) is 0 Å². The number of amides is 1. The largest absolute Gasteiger partial charge is 0.457 e. The van der Waals surface area contributed by atoms with Crippen molar-refractivity contribution in [2.45, 2.75) is 62.6 Å². The lowest BCUT2D eigenvalue weighted by molar-refractivity contribution is -0.941. The van der Waals surface area contributed by atoms with Crippen LogP contribution in [0.1, 0.15) is 62.2 Å². The molecule has 0 spiro atoms. The lowest BCUT2D eigenvalue weighted by Gasteiger charge is -2.41. The molecule has 1 aromatic heterocycles. The van der Waals surface area contributed by atoms with Crippen molar-refractivity contribution in [3.63, 3.8) is 0 Å². The maximum Gasteiger partial charge on any atom is 0.343 e. The number of nitrogens with two attached hydrogens (primary N) is 1. The number of hydrogen-bond donors (Lipinski definition) is 2. The summed E-state index contributed by atoms with van der Waals surface area (Å²) in [4.78, 5) is 25.9. The first-order valence-corrected chi connectivity index (χ1v) is 11.9. The Bertz CT molecular complexity index is 944. The molecule has 2 heterocycles. The van der Waals surface area contributed by atoms with Crippen LogP contribution in [0.15, 0.2) is 47.2 Å². The minimum atomic E-state index is -1.68. The van der Waals surface area contributed by atoms with E-state index in [1.807, 2.05) is 25.2 Å².